The Bertz CT molecular complexity index is 673. The fourth-order valence-corrected chi connectivity index (χ4v) is 2.92. The first-order valence-electron chi connectivity index (χ1n) is 8.44. The summed E-state index contributed by atoms with van der Waals surface area (Å²) in [6.07, 6.45) is 1.63. The molecule has 1 saturated heterocycles. The highest BCUT2D eigenvalue weighted by atomic mass is 16.5. The second-order valence-corrected chi connectivity index (χ2v) is 6.18. The standard InChI is InChI=1S/C18H23N3O3/c1-3-23-18(22)15-8-10-21(11-9-15)12-16-19-17(20-24-16)14-6-4-13(2)5-7-14/h4-7,15H,3,8-12H2,1-2H3. The van der Waals surface area contributed by atoms with Crippen molar-refractivity contribution in [3.05, 3.63) is 35.7 Å². The van der Waals surface area contributed by atoms with Gasteiger partial charge >= 0.3 is 5.97 Å². The molecule has 2 aromatic rings. The number of likely N-dealkylation sites (tertiary alicyclic amines) is 1. The maximum atomic E-state index is 11.8. The van der Waals surface area contributed by atoms with Gasteiger partial charge in [-0.3, -0.25) is 9.69 Å². The van der Waals surface area contributed by atoms with Crippen LogP contribution >= 0.6 is 0 Å². The van der Waals surface area contributed by atoms with E-state index in [9.17, 15) is 4.79 Å². The molecule has 1 aliphatic rings. The first kappa shape index (κ1) is 16.6. The summed E-state index contributed by atoms with van der Waals surface area (Å²) in [6, 6.07) is 8.06. The van der Waals surface area contributed by atoms with Gasteiger partial charge in [-0.1, -0.05) is 35.0 Å². The van der Waals surface area contributed by atoms with Crippen LogP contribution in [0.15, 0.2) is 28.8 Å². The van der Waals surface area contributed by atoms with Crippen LogP contribution in [0.2, 0.25) is 0 Å². The number of carbonyl (C=O) groups excluding carboxylic acids is 1. The Balaban J connectivity index is 1.54. The highest BCUT2D eigenvalue weighted by Gasteiger charge is 2.26. The van der Waals surface area contributed by atoms with Crippen molar-refractivity contribution in [2.75, 3.05) is 19.7 Å². The average Bonchev–Trinajstić information content (AvgIpc) is 3.05. The zero-order chi connectivity index (χ0) is 16.9. The number of aromatic nitrogens is 2. The largest absolute Gasteiger partial charge is 0.466 e. The molecule has 0 amide bonds. The third-order valence-electron chi connectivity index (χ3n) is 4.34. The van der Waals surface area contributed by atoms with Crippen LogP contribution in [0, 0.1) is 12.8 Å². The van der Waals surface area contributed by atoms with E-state index in [0.717, 1.165) is 31.5 Å². The lowest BCUT2D eigenvalue weighted by Gasteiger charge is -2.29. The van der Waals surface area contributed by atoms with Gasteiger partial charge in [-0.15, -0.1) is 0 Å². The summed E-state index contributed by atoms with van der Waals surface area (Å²) in [6.45, 7) is 6.63. The number of rotatable bonds is 5. The van der Waals surface area contributed by atoms with E-state index in [0.29, 0.717) is 24.9 Å². The molecule has 3 rings (SSSR count). The lowest BCUT2D eigenvalue weighted by Crippen LogP contribution is -2.36. The smallest absolute Gasteiger partial charge is 0.309 e. The van der Waals surface area contributed by atoms with E-state index in [-0.39, 0.29) is 11.9 Å². The topological polar surface area (TPSA) is 68.5 Å². The van der Waals surface area contributed by atoms with Crippen LogP contribution in [-0.4, -0.2) is 40.7 Å². The predicted octanol–water partition coefficient (Wildman–Crippen LogP) is 2.82. The van der Waals surface area contributed by atoms with E-state index in [1.807, 2.05) is 38.1 Å². The van der Waals surface area contributed by atoms with Crippen molar-refractivity contribution in [2.45, 2.75) is 33.2 Å². The van der Waals surface area contributed by atoms with Crippen molar-refractivity contribution in [3.63, 3.8) is 0 Å². The zero-order valence-corrected chi connectivity index (χ0v) is 14.2. The monoisotopic (exact) mass is 329 g/mol. The Morgan fingerprint density at radius 1 is 1.29 bits per heavy atom. The molecule has 0 N–H and O–H groups in total. The lowest BCUT2D eigenvalue weighted by atomic mass is 9.97. The lowest BCUT2D eigenvalue weighted by molar-refractivity contribution is -0.149. The van der Waals surface area contributed by atoms with Crippen LogP contribution in [-0.2, 0) is 16.1 Å². The quantitative estimate of drug-likeness (QED) is 0.786. The van der Waals surface area contributed by atoms with Crippen LogP contribution in [0.1, 0.15) is 31.2 Å². The number of ether oxygens (including phenoxy) is 1. The molecule has 0 aliphatic carbocycles. The summed E-state index contributed by atoms with van der Waals surface area (Å²) in [7, 11) is 0. The van der Waals surface area contributed by atoms with Gasteiger partial charge in [-0.05, 0) is 39.8 Å². The minimum atomic E-state index is -0.0726. The second-order valence-electron chi connectivity index (χ2n) is 6.18. The summed E-state index contributed by atoms with van der Waals surface area (Å²) in [5.41, 5.74) is 2.16. The Morgan fingerprint density at radius 2 is 2.00 bits per heavy atom. The Hall–Kier alpha value is -2.21. The Morgan fingerprint density at radius 3 is 2.67 bits per heavy atom. The first-order valence-corrected chi connectivity index (χ1v) is 8.44. The minimum Gasteiger partial charge on any atom is -0.466 e. The maximum Gasteiger partial charge on any atom is 0.309 e. The predicted molar refractivity (Wildman–Crippen MR) is 89.1 cm³/mol. The molecule has 128 valence electrons. The van der Waals surface area contributed by atoms with Crippen LogP contribution in [0.5, 0.6) is 0 Å². The summed E-state index contributed by atoms with van der Waals surface area (Å²) in [4.78, 5) is 18.5. The van der Waals surface area contributed by atoms with Crippen molar-refractivity contribution in [3.8, 4) is 11.4 Å². The van der Waals surface area contributed by atoms with Gasteiger partial charge in [0.05, 0.1) is 19.1 Å². The molecule has 0 unspecified atom stereocenters. The molecule has 1 aromatic heterocycles. The van der Waals surface area contributed by atoms with Crippen LogP contribution < -0.4 is 0 Å². The molecular weight excluding hydrogens is 306 g/mol. The maximum absolute atomic E-state index is 11.8. The molecule has 1 fully saturated rings. The second kappa shape index (κ2) is 7.57. The van der Waals surface area contributed by atoms with Gasteiger partial charge in [0, 0.05) is 5.56 Å². The summed E-state index contributed by atoms with van der Waals surface area (Å²) >= 11 is 0. The summed E-state index contributed by atoms with van der Waals surface area (Å²) < 4.78 is 10.5. The molecule has 6 heteroatoms. The molecule has 2 heterocycles. The van der Waals surface area contributed by atoms with Crippen LogP contribution in [0.4, 0.5) is 0 Å². The van der Waals surface area contributed by atoms with Gasteiger partial charge in [0.15, 0.2) is 0 Å². The van der Waals surface area contributed by atoms with Gasteiger partial charge in [-0.25, -0.2) is 0 Å². The number of hydrogen-bond acceptors (Lipinski definition) is 6. The number of aryl methyl sites for hydroxylation is 1. The highest BCUT2D eigenvalue weighted by molar-refractivity contribution is 5.72. The third-order valence-corrected chi connectivity index (χ3v) is 4.34. The third kappa shape index (κ3) is 4.00. The molecule has 1 aromatic carbocycles. The number of nitrogens with zero attached hydrogens (tertiary/aromatic N) is 3. The number of hydrogen-bond donors (Lipinski definition) is 0. The van der Waals surface area contributed by atoms with Crippen molar-refractivity contribution in [1.82, 2.24) is 15.0 Å². The number of benzene rings is 1. The van der Waals surface area contributed by atoms with Gasteiger partial charge in [0.1, 0.15) is 0 Å². The van der Waals surface area contributed by atoms with E-state index in [1.165, 1.54) is 5.56 Å². The van der Waals surface area contributed by atoms with Gasteiger partial charge in [0.25, 0.3) is 0 Å². The SMILES string of the molecule is CCOC(=O)C1CCN(Cc2nc(-c3ccc(C)cc3)no2)CC1. The highest BCUT2D eigenvalue weighted by Crippen LogP contribution is 2.21. The first-order chi connectivity index (χ1) is 11.7. The summed E-state index contributed by atoms with van der Waals surface area (Å²) in [5, 5.41) is 4.06. The van der Waals surface area contributed by atoms with Gasteiger partial charge in [0.2, 0.25) is 11.7 Å². The van der Waals surface area contributed by atoms with Crippen molar-refractivity contribution in [1.29, 1.82) is 0 Å². The number of carbonyl (C=O) groups is 1. The van der Waals surface area contributed by atoms with Crippen molar-refractivity contribution in [2.24, 2.45) is 5.92 Å². The fourth-order valence-electron chi connectivity index (χ4n) is 2.92. The molecule has 0 radical (unpaired) electrons. The number of esters is 1. The van der Waals surface area contributed by atoms with Crippen LogP contribution in [0.25, 0.3) is 11.4 Å². The summed E-state index contributed by atoms with van der Waals surface area (Å²) in [5.74, 6) is 1.18. The average molecular weight is 329 g/mol. The van der Waals surface area contributed by atoms with E-state index in [2.05, 4.69) is 15.0 Å². The van der Waals surface area contributed by atoms with Crippen LogP contribution in [0.3, 0.4) is 0 Å². The molecular formula is C18H23N3O3. The van der Waals surface area contributed by atoms with Gasteiger partial charge in [-0.2, -0.15) is 4.98 Å². The zero-order valence-electron chi connectivity index (χ0n) is 14.2. The Labute approximate surface area is 141 Å². The molecule has 24 heavy (non-hydrogen) atoms. The van der Waals surface area contributed by atoms with Crippen molar-refractivity contribution >= 4 is 5.97 Å². The molecule has 1 aliphatic heterocycles. The Kier molecular flexibility index (Phi) is 5.25. The van der Waals surface area contributed by atoms with E-state index in [1.54, 1.807) is 0 Å². The molecule has 6 nitrogen and oxygen atoms in total. The fraction of sp³-hybridized carbons (Fsp3) is 0.500. The normalized spacial score (nSPS) is 16.2. The van der Waals surface area contributed by atoms with E-state index in [4.69, 9.17) is 9.26 Å². The van der Waals surface area contributed by atoms with Gasteiger partial charge < -0.3 is 9.26 Å². The molecule has 0 spiro atoms. The molecule has 0 bridgehead atoms. The molecule has 0 atom stereocenters. The molecule has 0 saturated carbocycles. The van der Waals surface area contributed by atoms with E-state index >= 15 is 0 Å². The van der Waals surface area contributed by atoms with E-state index < -0.39 is 0 Å². The van der Waals surface area contributed by atoms with Crippen molar-refractivity contribution < 1.29 is 14.1 Å². The minimum absolute atomic E-state index is 0.0204. The number of piperidine rings is 1.